The third-order valence-electron chi connectivity index (χ3n) is 14.4. The molecule has 302 valence electrons. The van der Waals surface area contributed by atoms with Crippen molar-refractivity contribution < 1.29 is 41.4 Å². The second-order valence-electron chi connectivity index (χ2n) is 22.4. The average molecular weight is 836 g/mol. The monoisotopic (exact) mass is 834 g/mol. The molecule has 0 spiro atoms. The topological polar surface area (TPSA) is 0 Å². The van der Waals surface area contributed by atoms with Crippen molar-refractivity contribution in [1.29, 1.82) is 0 Å². The van der Waals surface area contributed by atoms with Crippen LogP contribution in [0.4, 0.5) is 0 Å². The van der Waals surface area contributed by atoms with Gasteiger partial charge in [0.25, 0.3) is 0 Å². The fraction of sp³-hybridized carbons (Fsp3) is 0.481. The molecule has 3 heteroatoms. The van der Waals surface area contributed by atoms with E-state index in [1.54, 1.807) is 22.3 Å². The Balaban J connectivity index is 0.00000275. The van der Waals surface area contributed by atoms with Gasteiger partial charge in [0.2, 0.25) is 0 Å². The average Bonchev–Trinajstić information content (AvgIpc) is 3.40. The number of halogens is 2. The van der Waals surface area contributed by atoms with E-state index in [2.05, 4.69) is 182 Å². The van der Waals surface area contributed by atoms with Crippen LogP contribution >= 0.6 is 0 Å². The smallest absolute Gasteiger partial charge is 1.00 e. The van der Waals surface area contributed by atoms with Crippen LogP contribution in [0.2, 0.25) is 8.45 Å². The number of hydrogen-bond acceptors (Lipinski definition) is 0. The minimum Gasteiger partial charge on any atom is -1.00 e. The third kappa shape index (κ3) is 7.45. The molecule has 0 bridgehead atoms. The predicted molar refractivity (Wildman–Crippen MR) is 237 cm³/mol. The summed E-state index contributed by atoms with van der Waals surface area (Å²) in [6, 6.07) is 29.8. The SMILES string of the molecule is CC1=Cc2c(-c3cc(C(C)(C)C)cc(C(C)(C)C)c3)cccc2[CH]1[Ti+2]1([CH]2C(C)=Cc3c(-c4cc(C(C)(C)C)cc(C(C)(C)C)c4)cccc32)[CH]2CCCC[CH]21.[Cl-].[Cl-]. The third-order valence-corrected chi connectivity index (χ3v) is 25.5. The second kappa shape index (κ2) is 15.0. The van der Waals surface area contributed by atoms with Gasteiger partial charge in [-0.1, -0.05) is 0 Å². The Hall–Kier alpha value is -2.35. The van der Waals surface area contributed by atoms with Gasteiger partial charge in [0.05, 0.1) is 0 Å². The van der Waals surface area contributed by atoms with E-state index in [1.807, 2.05) is 0 Å². The van der Waals surface area contributed by atoms with E-state index >= 15 is 0 Å². The molecule has 1 heterocycles. The fourth-order valence-corrected chi connectivity index (χ4v) is 25.7. The van der Waals surface area contributed by atoms with Gasteiger partial charge in [-0.25, -0.2) is 0 Å². The minimum absolute atomic E-state index is 0. The second-order valence-corrected chi connectivity index (χ2v) is 29.6. The summed E-state index contributed by atoms with van der Waals surface area (Å²) in [7, 11) is 0. The van der Waals surface area contributed by atoms with Gasteiger partial charge in [-0.2, -0.15) is 0 Å². The summed E-state index contributed by atoms with van der Waals surface area (Å²) in [5, 5.41) is 0. The van der Waals surface area contributed by atoms with Crippen LogP contribution in [0, 0.1) is 0 Å². The molecule has 4 aliphatic rings. The van der Waals surface area contributed by atoms with Crippen molar-refractivity contribution in [2.45, 2.75) is 161 Å². The molecule has 2 fully saturated rings. The molecular weight excluding hydrogens is 767 g/mol. The molecule has 1 aliphatic heterocycles. The molecule has 0 amide bonds. The number of fused-ring (bicyclic) bond motifs is 3. The van der Waals surface area contributed by atoms with E-state index in [0.29, 0.717) is 8.45 Å². The first-order chi connectivity index (χ1) is 25.6. The van der Waals surface area contributed by atoms with E-state index in [1.165, 1.54) is 81.3 Å². The Labute approximate surface area is 363 Å². The molecule has 0 aromatic heterocycles. The minimum atomic E-state index is -2.72. The van der Waals surface area contributed by atoms with Crippen LogP contribution in [0.1, 0.15) is 176 Å². The summed E-state index contributed by atoms with van der Waals surface area (Å²) in [6.07, 6.45) is 11.1. The molecule has 57 heavy (non-hydrogen) atoms. The van der Waals surface area contributed by atoms with E-state index in [0.717, 1.165) is 8.45 Å². The normalized spacial score (nSPS) is 22.9. The van der Waals surface area contributed by atoms with Crippen LogP contribution in [0.3, 0.4) is 0 Å². The zero-order chi connectivity index (χ0) is 39.6. The summed E-state index contributed by atoms with van der Waals surface area (Å²) >= 11 is -2.72. The van der Waals surface area contributed by atoms with Crippen LogP contribution in [-0.2, 0) is 38.2 Å². The van der Waals surface area contributed by atoms with Crippen molar-refractivity contribution in [2.24, 2.45) is 0 Å². The molecule has 4 aromatic carbocycles. The van der Waals surface area contributed by atoms with Crippen molar-refractivity contribution in [3.05, 3.63) is 128 Å². The maximum absolute atomic E-state index is 2.72. The largest absolute Gasteiger partial charge is 1.00 e. The van der Waals surface area contributed by atoms with Crippen molar-refractivity contribution in [3.63, 3.8) is 0 Å². The Morgan fingerprint density at radius 1 is 0.456 bits per heavy atom. The molecule has 4 unspecified atom stereocenters. The Kier molecular flexibility index (Phi) is 11.6. The maximum atomic E-state index is 2.66. The van der Waals surface area contributed by atoms with Crippen LogP contribution in [0.5, 0.6) is 0 Å². The van der Waals surface area contributed by atoms with E-state index in [4.69, 9.17) is 0 Å². The molecule has 1 saturated heterocycles. The van der Waals surface area contributed by atoms with Gasteiger partial charge in [0, 0.05) is 0 Å². The van der Waals surface area contributed by atoms with Crippen molar-refractivity contribution in [2.75, 3.05) is 0 Å². The molecule has 4 aromatic rings. The Morgan fingerprint density at radius 3 is 1.07 bits per heavy atom. The first-order valence-corrected chi connectivity index (χ1v) is 25.2. The summed E-state index contributed by atoms with van der Waals surface area (Å²) < 4.78 is 3.15. The molecular formula is C54H68Cl2Ti. The van der Waals surface area contributed by atoms with Crippen molar-refractivity contribution in [1.82, 2.24) is 0 Å². The predicted octanol–water partition coefficient (Wildman–Crippen LogP) is 10.2. The standard InChI is InChI=1S/2C24H29.C6H10.2ClH.Ti/c2*1-16-11-17-9-8-10-21(22(17)12-16)18-13-19(23(2,3)4)15-20(14-18)24(5,6)7;1-2-4-6-5-3-1;;;/h2*8-15H,1-7H3;1-2H,3-6H2;2*1H;/q;;;;;+2/p-2. The molecule has 3 aliphatic carbocycles. The van der Waals surface area contributed by atoms with Crippen molar-refractivity contribution in [3.8, 4) is 22.3 Å². The quantitative estimate of drug-likeness (QED) is 0.180. The first-order valence-electron chi connectivity index (χ1n) is 21.6. The Bertz CT molecular complexity index is 2030. The molecule has 0 radical (unpaired) electrons. The van der Waals surface area contributed by atoms with Gasteiger partial charge >= 0.3 is 341 Å². The van der Waals surface area contributed by atoms with Crippen LogP contribution < -0.4 is 24.8 Å². The number of rotatable bonds is 4. The van der Waals surface area contributed by atoms with Gasteiger partial charge in [0.15, 0.2) is 0 Å². The van der Waals surface area contributed by atoms with E-state index in [9.17, 15) is 0 Å². The molecule has 4 atom stereocenters. The summed E-state index contributed by atoms with van der Waals surface area (Å²) in [5.41, 5.74) is 21.4. The van der Waals surface area contributed by atoms with Crippen LogP contribution in [0.15, 0.2) is 83.9 Å². The van der Waals surface area contributed by atoms with Crippen molar-refractivity contribution >= 4 is 12.2 Å². The summed E-state index contributed by atoms with van der Waals surface area (Å²) in [5.74, 6) is 0. The van der Waals surface area contributed by atoms with Gasteiger partial charge in [-0.05, 0) is 0 Å². The Morgan fingerprint density at radius 2 is 0.772 bits per heavy atom. The van der Waals surface area contributed by atoms with E-state index in [-0.39, 0.29) is 46.5 Å². The van der Waals surface area contributed by atoms with Gasteiger partial charge < -0.3 is 24.8 Å². The first kappa shape index (κ1) is 44.2. The van der Waals surface area contributed by atoms with Gasteiger partial charge in [-0.15, -0.1) is 0 Å². The molecule has 8 rings (SSSR count). The van der Waals surface area contributed by atoms with Gasteiger partial charge in [0.1, 0.15) is 0 Å². The van der Waals surface area contributed by atoms with E-state index < -0.39 is 16.6 Å². The number of benzene rings is 4. The molecule has 1 saturated carbocycles. The molecule has 0 N–H and O–H groups in total. The number of allylic oxidation sites excluding steroid dienone is 2. The fourth-order valence-electron chi connectivity index (χ4n) is 11.5. The molecule has 0 nitrogen and oxygen atoms in total. The summed E-state index contributed by atoms with van der Waals surface area (Å²) in [6.45, 7) is 33.4. The number of hydrogen-bond donors (Lipinski definition) is 0. The van der Waals surface area contributed by atoms with Crippen LogP contribution in [-0.4, -0.2) is 0 Å². The zero-order valence-corrected chi connectivity index (χ0v) is 40.6. The zero-order valence-electron chi connectivity index (χ0n) is 37.5. The maximum Gasteiger partial charge on any atom is -1.00 e. The van der Waals surface area contributed by atoms with Gasteiger partial charge in [-0.3, -0.25) is 0 Å². The summed E-state index contributed by atoms with van der Waals surface area (Å²) in [4.78, 5) is 0. The van der Waals surface area contributed by atoms with Crippen LogP contribution in [0.25, 0.3) is 34.4 Å².